The lowest BCUT2D eigenvalue weighted by atomic mass is 9.66. The topological polar surface area (TPSA) is 180 Å². The van der Waals surface area contributed by atoms with E-state index in [1.165, 1.54) is 49.0 Å². The summed E-state index contributed by atoms with van der Waals surface area (Å²) in [5.74, 6) is -2.92. The van der Waals surface area contributed by atoms with Crippen molar-refractivity contribution in [3.05, 3.63) is 87.4 Å². The van der Waals surface area contributed by atoms with Gasteiger partial charge >= 0.3 is 11.9 Å². The van der Waals surface area contributed by atoms with Crippen molar-refractivity contribution < 1.29 is 71.6 Å². The predicted octanol–water partition coefficient (Wildman–Crippen LogP) is 5.84. The van der Waals surface area contributed by atoms with E-state index >= 15 is 0 Å². The van der Waals surface area contributed by atoms with E-state index in [-0.39, 0.29) is 43.0 Å². The van der Waals surface area contributed by atoms with Gasteiger partial charge in [0.1, 0.15) is 24.1 Å². The average Bonchev–Trinajstić information content (AvgIpc) is 4.09. The number of rotatable bonds is 10. The molecule has 5 aliphatic rings. The monoisotopic (exact) mass is 881 g/mol. The van der Waals surface area contributed by atoms with Crippen molar-refractivity contribution in [2.45, 2.75) is 53.4 Å². The Labute approximate surface area is 353 Å². The zero-order valence-electron chi connectivity index (χ0n) is 31.7. The first kappa shape index (κ1) is 39.4. The molecule has 5 aromatic rings. The second-order valence-electron chi connectivity index (χ2n) is 14.6. The van der Waals surface area contributed by atoms with Crippen molar-refractivity contribution >= 4 is 56.6 Å². The maximum atomic E-state index is 13.8. The molecule has 15 nitrogen and oxygen atoms in total. The highest BCUT2D eigenvalue weighted by Crippen LogP contribution is 2.57. The number of methoxy groups -OCH3 is 2. The van der Waals surface area contributed by atoms with Crippen LogP contribution in [0, 0.1) is 17.7 Å². The molecule has 0 radical (unpaired) electrons. The van der Waals surface area contributed by atoms with Crippen molar-refractivity contribution in [1.29, 1.82) is 0 Å². The lowest BCUT2D eigenvalue weighted by Gasteiger charge is -2.48. The number of thiazole rings is 1. The fraction of sp³-hybridized carbons (Fsp3) is 0.390. The summed E-state index contributed by atoms with van der Waals surface area (Å²) in [5.41, 5.74) is 2.31. The zero-order valence-corrected chi connectivity index (χ0v) is 34.2. The number of aromatic nitrogens is 1. The van der Waals surface area contributed by atoms with Crippen LogP contribution >= 0.6 is 34.4 Å². The normalized spacial score (nSPS) is 29.0. The number of fused-ring (bicyclic) bond motifs is 5. The van der Waals surface area contributed by atoms with Gasteiger partial charge in [-0.1, -0.05) is 17.8 Å². The molecule has 0 amide bonds. The van der Waals surface area contributed by atoms with E-state index in [0.29, 0.717) is 38.0 Å². The smallest absolute Gasteiger partial charge is 0.316 e. The number of carbonyl (C=O) groups is 2. The van der Waals surface area contributed by atoms with Crippen LogP contribution in [-0.4, -0.2) is 97.8 Å². The van der Waals surface area contributed by atoms with Crippen LogP contribution in [0.25, 0.3) is 10.2 Å². The number of benzene rings is 3. The number of nitrogens with zero attached hydrogens (tertiary/aromatic N) is 1. The van der Waals surface area contributed by atoms with Crippen molar-refractivity contribution in [2.75, 3.05) is 40.0 Å². The number of hydrogen-bond acceptors (Lipinski definition) is 18. The van der Waals surface area contributed by atoms with Gasteiger partial charge in [0.05, 0.1) is 60.3 Å². The number of hydrogen-bond donors (Lipinski definition) is 2. The van der Waals surface area contributed by atoms with Gasteiger partial charge in [-0.15, -0.1) is 22.7 Å². The second-order valence-corrected chi connectivity index (χ2v) is 17.8. The minimum absolute atomic E-state index is 0.0262. The van der Waals surface area contributed by atoms with Crippen LogP contribution in [-0.2, 0) is 38.0 Å². The Kier molecular flexibility index (Phi) is 10.5. The van der Waals surface area contributed by atoms with Gasteiger partial charge in [0.2, 0.25) is 12.5 Å². The molecule has 19 heteroatoms. The van der Waals surface area contributed by atoms with Crippen LogP contribution < -0.4 is 18.9 Å². The summed E-state index contributed by atoms with van der Waals surface area (Å²) in [6.07, 6.45) is -7.78. The molecule has 2 N–H and O–H groups in total. The second kappa shape index (κ2) is 15.9. The van der Waals surface area contributed by atoms with Crippen molar-refractivity contribution in [2.24, 2.45) is 11.8 Å². The molecule has 314 valence electrons. The van der Waals surface area contributed by atoms with Crippen molar-refractivity contribution in [1.82, 2.24) is 4.98 Å². The summed E-state index contributed by atoms with van der Waals surface area (Å²) in [4.78, 5) is 32.8. The number of thiophene rings is 1. The summed E-state index contributed by atoms with van der Waals surface area (Å²) in [6, 6.07) is 14.9. The molecular weight excluding hydrogens is 846 g/mol. The van der Waals surface area contributed by atoms with Crippen LogP contribution in [0.5, 0.6) is 28.7 Å². The number of aliphatic hydroxyl groups is 1. The van der Waals surface area contributed by atoms with Gasteiger partial charge in [-0.25, -0.2) is 9.37 Å². The summed E-state index contributed by atoms with van der Waals surface area (Å²) >= 11 is 3.85. The van der Waals surface area contributed by atoms with Crippen LogP contribution in [0.1, 0.15) is 39.9 Å². The van der Waals surface area contributed by atoms with Crippen LogP contribution in [0.15, 0.2) is 64.3 Å². The number of halogens is 1. The molecule has 0 unspecified atom stereocenters. The number of aromatic hydroxyl groups is 1. The molecule has 0 saturated carbocycles. The first-order valence-electron chi connectivity index (χ1n) is 18.9. The van der Waals surface area contributed by atoms with E-state index in [2.05, 4.69) is 4.98 Å². The SMILES string of the molecule is COc1cc([C@@H]2c3cc4c(cc3[C@@H](O[C@@H]3O[C@@H]5CO[C@@H](c6cccs6)O[C@H]5[C@H](O)[C@H]3OC(=O)CSc3nc5cc(F)ccc5s3)[C@H]3COC(=O)[C@H]23)OCO4)cc(OC)c1O. The molecule has 0 bridgehead atoms. The van der Waals surface area contributed by atoms with Gasteiger partial charge in [-0.2, -0.15) is 0 Å². The standard InChI is InChI=1S/C41H36FNO14S3/c1-48-25-8-17(9-26(49-2)33(25)45)31-19-11-23-24(53-16-52-23)12-20(19)35(21-13-50-38(47)32(21)31)56-40-37(34(46)36-27(54-40)14-51-39(57-36)29-4-3-7-58-29)55-30(44)15-59-41-43-22-10-18(42)5-6-28(22)60-41/h3-12,21,27,31-32,34-37,39-40,45-46H,13-16H2,1-2H3/t21-,27+,31+,32-,34-,35+,36+,37+,39+,40-/m0/s1. The Bertz CT molecular complexity index is 2420. The van der Waals surface area contributed by atoms with Crippen LogP contribution in [0.3, 0.4) is 0 Å². The first-order valence-corrected chi connectivity index (χ1v) is 21.6. The summed E-state index contributed by atoms with van der Waals surface area (Å²) in [5, 5.41) is 24.7. The number of cyclic esters (lactones) is 1. The number of ether oxygens (including phenoxy) is 10. The van der Waals surface area contributed by atoms with E-state index in [1.54, 1.807) is 30.3 Å². The maximum absolute atomic E-state index is 13.8. The van der Waals surface area contributed by atoms with Crippen molar-refractivity contribution in [3.63, 3.8) is 0 Å². The Morgan fingerprint density at radius 1 is 1.00 bits per heavy atom. The summed E-state index contributed by atoms with van der Waals surface area (Å²) in [6.45, 7) is -0.0330. The molecule has 10 atom stereocenters. The minimum Gasteiger partial charge on any atom is -0.502 e. The molecule has 60 heavy (non-hydrogen) atoms. The Morgan fingerprint density at radius 2 is 1.78 bits per heavy atom. The van der Waals surface area contributed by atoms with Crippen LogP contribution in [0.4, 0.5) is 4.39 Å². The van der Waals surface area contributed by atoms with E-state index in [9.17, 15) is 24.2 Å². The fourth-order valence-corrected chi connectivity index (χ4v) is 11.1. The number of phenols is 1. The maximum Gasteiger partial charge on any atom is 0.316 e. The Morgan fingerprint density at radius 3 is 2.53 bits per heavy atom. The third-order valence-electron chi connectivity index (χ3n) is 11.3. The molecule has 2 aromatic heterocycles. The average molecular weight is 882 g/mol. The fourth-order valence-electron chi connectivity index (χ4n) is 8.54. The lowest BCUT2D eigenvalue weighted by molar-refractivity contribution is -0.369. The van der Waals surface area contributed by atoms with Gasteiger partial charge in [0.25, 0.3) is 0 Å². The number of phenolic OH excluding ortho intramolecular Hbond substituents is 1. The van der Waals surface area contributed by atoms with E-state index < -0.39 is 78.6 Å². The lowest BCUT2D eigenvalue weighted by Crippen LogP contribution is -2.63. The molecule has 0 spiro atoms. The molecule has 3 aromatic carbocycles. The largest absolute Gasteiger partial charge is 0.502 e. The Hall–Kier alpha value is -4.73. The quantitative estimate of drug-likeness (QED) is 0.126. The van der Waals surface area contributed by atoms with Gasteiger partial charge < -0.3 is 57.6 Å². The zero-order chi connectivity index (χ0) is 41.2. The van der Waals surface area contributed by atoms with Crippen molar-refractivity contribution in [3.8, 4) is 28.7 Å². The van der Waals surface area contributed by atoms with E-state index in [0.717, 1.165) is 21.3 Å². The van der Waals surface area contributed by atoms with E-state index in [1.807, 2.05) is 17.5 Å². The number of carbonyl (C=O) groups excluding carboxylic acids is 2. The van der Waals surface area contributed by atoms with Gasteiger partial charge in [0.15, 0.2) is 46.0 Å². The molecule has 1 aliphatic carbocycles. The van der Waals surface area contributed by atoms with Gasteiger partial charge in [0, 0.05) is 17.9 Å². The Balaban J connectivity index is 0.994. The highest BCUT2D eigenvalue weighted by Gasteiger charge is 2.57. The molecule has 3 saturated heterocycles. The summed E-state index contributed by atoms with van der Waals surface area (Å²) in [7, 11) is 2.83. The van der Waals surface area contributed by atoms with Gasteiger partial charge in [-0.3, -0.25) is 9.59 Å². The molecular formula is C41H36FNO14S3. The molecule has 10 rings (SSSR count). The van der Waals surface area contributed by atoms with Crippen LogP contribution in [0.2, 0.25) is 0 Å². The highest BCUT2D eigenvalue weighted by molar-refractivity contribution is 8.01. The first-order chi connectivity index (χ1) is 29.2. The third kappa shape index (κ3) is 6.99. The summed E-state index contributed by atoms with van der Waals surface area (Å²) < 4.78 is 75.2. The third-order valence-corrected chi connectivity index (χ3v) is 14.3. The number of thioether (sulfide) groups is 1. The molecule has 6 heterocycles. The molecule has 4 aliphatic heterocycles. The van der Waals surface area contributed by atoms with Gasteiger partial charge in [-0.05, 0) is 64.5 Å². The number of aliphatic hydroxyl groups excluding tert-OH is 1. The molecule has 3 fully saturated rings. The number of esters is 2. The minimum atomic E-state index is -1.44. The highest BCUT2D eigenvalue weighted by atomic mass is 32.2. The predicted molar refractivity (Wildman–Crippen MR) is 210 cm³/mol. The van der Waals surface area contributed by atoms with E-state index in [4.69, 9.17) is 47.4 Å².